The van der Waals surface area contributed by atoms with Gasteiger partial charge in [-0.05, 0) is 37.4 Å². The number of nitrogens with zero attached hydrogens (tertiary/aromatic N) is 2. The number of amides is 1. The molecule has 1 aliphatic rings. The third-order valence-corrected chi connectivity index (χ3v) is 4.01. The van der Waals surface area contributed by atoms with E-state index in [4.69, 9.17) is 0 Å². The Bertz CT molecular complexity index is 438. The second-order valence-corrected chi connectivity index (χ2v) is 5.82. The van der Waals surface area contributed by atoms with Crippen molar-refractivity contribution in [2.45, 2.75) is 32.7 Å². The molecule has 1 saturated heterocycles. The first kappa shape index (κ1) is 15.8. The summed E-state index contributed by atoms with van der Waals surface area (Å²) in [5.74, 6) is 1.94. The van der Waals surface area contributed by atoms with E-state index >= 15 is 0 Å². The van der Waals surface area contributed by atoms with Crippen molar-refractivity contribution in [2.24, 2.45) is 5.92 Å². The summed E-state index contributed by atoms with van der Waals surface area (Å²) in [7, 11) is 1.84. The van der Waals surface area contributed by atoms with Crippen LogP contribution in [-0.2, 0) is 11.3 Å². The number of hydrogen-bond acceptors (Lipinski definition) is 4. The fourth-order valence-electron chi connectivity index (χ4n) is 2.47. The van der Waals surface area contributed by atoms with Crippen LogP contribution in [0.15, 0.2) is 18.3 Å². The van der Waals surface area contributed by atoms with Gasteiger partial charge in [0.05, 0.1) is 0 Å². The molecule has 0 saturated carbocycles. The molecule has 21 heavy (non-hydrogen) atoms. The smallest absolute Gasteiger partial charge is 0.221 e. The maximum absolute atomic E-state index is 11.5. The van der Waals surface area contributed by atoms with Gasteiger partial charge in [0.2, 0.25) is 5.91 Å². The quantitative estimate of drug-likeness (QED) is 0.834. The molecule has 1 aliphatic heterocycles. The molecule has 0 radical (unpaired) electrons. The van der Waals surface area contributed by atoms with Crippen LogP contribution in [0.1, 0.15) is 31.7 Å². The van der Waals surface area contributed by atoms with Crippen LogP contribution in [0.5, 0.6) is 0 Å². The van der Waals surface area contributed by atoms with Gasteiger partial charge in [0, 0.05) is 38.8 Å². The van der Waals surface area contributed by atoms with Crippen LogP contribution in [0.3, 0.4) is 0 Å². The van der Waals surface area contributed by atoms with Crippen LogP contribution in [0.25, 0.3) is 0 Å². The van der Waals surface area contributed by atoms with E-state index in [2.05, 4.69) is 39.6 Å². The predicted molar refractivity (Wildman–Crippen MR) is 85.2 cm³/mol. The lowest BCUT2D eigenvalue weighted by molar-refractivity contribution is -0.121. The monoisotopic (exact) mass is 290 g/mol. The SMILES string of the molecule is CNCCC(=O)NCc1ccc(N2CCC(C)CC2)nc1. The Hall–Kier alpha value is -1.62. The second-order valence-electron chi connectivity index (χ2n) is 5.82. The number of anilines is 1. The minimum atomic E-state index is 0.0680. The summed E-state index contributed by atoms with van der Waals surface area (Å²) in [6.07, 6.45) is 4.86. The van der Waals surface area contributed by atoms with Crippen LogP contribution in [0, 0.1) is 5.92 Å². The minimum Gasteiger partial charge on any atom is -0.357 e. The molecule has 0 atom stereocenters. The molecule has 5 nitrogen and oxygen atoms in total. The van der Waals surface area contributed by atoms with Crippen LogP contribution in [0.2, 0.25) is 0 Å². The molecule has 2 N–H and O–H groups in total. The number of carbonyl (C=O) groups excluding carboxylic acids is 1. The minimum absolute atomic E-state index is 0.0680. The summed E-state index contributed by atoms with van der Waals surface area (Å²) < 4.78 is 0. The third kappa shape index (κ3) is 5.01. The summed E-state index contributed by atoms with van der Waals surface area (Å²) in [6, 6.07) is 4.11. The first-order valence-electron chi connectivity index (χ1n) is 7.80. The van der Waals surface area contributed by atoms with Gasteiger partial charge in [0.25, 0.3) is 0 Å². The van der Waals surface area contributed by atoms with Gasteiger partial charge in [-0.1, -0.05) is 13.0 Å². The largest absolute Gasteiger partial charge is 0.357 e. The van der Waals surface area contributed by atoms with Crippen LogP contribution >= 0.6 is 0 Å². The molecule has 1 fully saturated rings. The number of nitrogens with one attached hydrogen (secondary N) is 2. The molecule has 1 amide bonds. The number of pyridine rings is 1. The fraction of sp³-hybridized carbons (Fsp3) is 0.625. The highest BCUT2D eigenvalue weighted by Gasteiger charge is 2.16. The Morgan fingerprint density at radius 2 is 2.14 bits per heavy atom. The van der Waals surface area contributed by atoms with Gasteiger partial charge >= 0.3 is 0 Å². The predicted octanol–water partition coefficient (Wildman–Crippen LogP) is 1.54. The summed E-state index contributed by atoms with van der Waals surface area (Å²) in [6.45, 7) is 5.75. The summed E-state index contributed by atoms with van der Waals surface area (Å²) >= 11 is 0. The van der Waals surface area contributed by atoms with Crippen molar-refractivity contribution >= 4 is 11.7 Å². The highest BCUT2D eigenvalue weighted by molar-refractivity contribution is 5.76. The second kappa shape index (κ2) is 7.98. The van der Waals surface area contributed by atoms with Crippen LogP contribution in [-0.4, -0.2) is 37.6 Å². The lowest BCUT2D eigenvalue weighted by atomic mass is 9.99. The van der Waals surface area contributed by atoms with E-state index in [-0.39, 0.29) is 5.91 Å². The zero-order valence-electron chi connectivity index (χ0n) is 13.1. The van der Waals surface area contributed by atoms with E-state index in [1.165, 1.54) is 12.8 Å². The standard InChI is InChI=1S/C16H26N4O/c1-13-6-9-20(10-7-13)15-4-3-14(11-18-15)12-19-16(21)5-8-17-2/h3-4,11,13,17H,5-10,12H2,1-2H3,(H,19,21). The van der Waals surface area contributed by atoms with E-state index < -0.39 is 0 Å². The van der Waals surface area contributed by atoms with Gasteiger partial charge in [0.15, 0.2) is 0 Å². The van der Waals surface area contributed by atoms with Gasteiger partial charge in [0.1, 0.15) is 5.82 Å². The maximum Gasteiger partial charge on any atom is 0.221 e. The average molecular weight is 290 g/mol. The number of carbonyl (C=O) groups is 1. The van der Waals surface area contributed by atoms with Crippen molar-refractivity contribution in [3.63, 3.8) is 0 Å². The van der Waals surface area contributed by atoms with E-state index in [0.717, 1.165) is 30.4 Å². The van der Waals surface area contributed by atoms with E-state index in [1.54, 1.807) is 0 Å². The zero-order valence-corrected chi connectivity index (χ0v) is 13.1. The van der Waals surface area contributed by atoms with Crippen molar-refractivity contribution in [3.8, 4) is 0 Å². The molecular formula is C16H26N4O. The van der Waals surface area contributed by atoms with Gasteiger partial charge in [-0.15, -0.1) is 0 Å². The van der Waals surface area contributed by atoms with Gasteiger partial charge in [-0.25, -0.2) is 4.98 Å². The molecule has 5 heteroatoms. The van der Waals surface area contributed by atoms with Gasteiger partial charge in [-0.3, -0.25) is 4.79 Å². The molecule has 0 unspecified atom stereocenters. The molecule has 2 heterocycles. The molecule has 0 spiro atoms. The Morgan fingerprint density at radius 1 is 1.38 bits per heavy atom. The van der Waals surface area contributed by atoms with Crippen molar-refractivity contribution in [1.82, 2.24) is 15.6 Å². The molecule has 0 aliphatic carbocycles. The molecular weight excluding hydrogens is 264 g/mol. The van der Waals surface area contributed by atoms with Crippen LogP contribution < -0.4 is 15.5 Å². The fourth-order valence-corrected chi connectivity index (χ4v) is 2.47. The molecule has 1 aromatic rings. The lowest BCUT2D eigenvalue weighted by Crippen LogP contribution is -2.33. The summed E-state index contributed by atoms with van der Waals surface area (Å²) in [5.41, 5.74) is 1.04. The van der Waals surface area contributed by atoms with Crippen molar-refractivity contribution < 1.29 is 4.79 Å². The van der Waals surface area contributed by atoms with Gasteiger partial charge in [-0.2, -0.15) is 0 Å². The average Bonchev–Trinajstić information content (AvgIpc) is 2.52. The normalized spacial score (nSPS) is 16.0. The Labute approximate surface area is 127 Å². The van der Waals surface area contributed by atoms with Crippen molar-refractivity contribution in [3.05, 3.63) is 23.9 Å². The summed E-state index contributed by atoms with van der Waals surface area (Å²) in [4.78, 5) is 18.4. The highest BCUT2D eigenvalue weighted by atomic mass is 16.1. The Morgan fingerprint density at radius 3 is 2.76 bits per heavy atom. The van der Waals surface area contributed by atoms with Crippen LogP contribution in [0.4, 0.5) is 5.82 Å². The van der Waals surface area contributed by atoms with E-state index in [9.17, 15) is 4.79 Å². The summed E-state index contributed by atoms with van der Waals surface area (Å²) in [5, 5.41) is 5.87. The Kier molecular flexibility index (Phi) is 5.99. The van der Waals surface area contributed by atoms with Crippen molar-refractivity contribution in [2.75, 3.05) is 31.6 Å². The molecule has 116 valence electrons. The molecule has 0 bridgehead atoms. The maximum atomic E-state index is 11.5. The number of hydrogen-bond donors (Lipinski definition) is 2. The van der Waals surface area contributed by atoms with Crippen molar-refractivity contribution in [1.29, 1.82) is 0 Å². The molecule has 2 rings (SSSR count). The molecule has 1 aromatic heterocycles. The lowest BCUT2D eigenvalue weighted by Gasteiger charge is -2.31. The first-order valence-corrected chi connectivity index (χ1v) is 7.80. The number of rotatable bonds is 6. The third-order valence-electron chi connectivity index (χ3n) is 4.01. The number of aromatic nitrogens is 1. The number of piperidine rings is 1. The zero-order chi connectivity index (χ0) is 15.1. The Balaban J connectivity index is 1.80. The topological polar surface area (TPSA) is 57.3 Å². The highest BCUT2D eigenvalue weighted by Crippen LogP contribution is 2.21. The first-order chi connectivity index (χ1) is 10.2. The van der Waals surface area contributed by atoms with E-state index in [1.807, 2.05) is 13.2 Å². The van der Waals surface area contributed by atoms with E-state index in [0.29, 0.717) is 19.5 Å². The van der Waals surface area contributed by atoms with Gasteiger partial charge < -0.3 is 15.5 Å². The molecule has 0 aromatic carbocycles.